The zero-order chi connectivity index (χ0) is 13.7. The van der Waals surface area contributed by atoms with Gasteiger partial charge < -0.3 is 0 Å². The minimum Gasteiger partial charge on any atom is -0.200 e. The van der Waals surface area contributed by atoms with Crippen molar-refractivity contribution in [3.8, 4) is 0 Å². The maximum absolute atomic E-state index is 12.0. The van der Waals surface area contributed by atoms with Crippen molar-refractivity contribution in [2.24, 2.45) is 11.0 Å². The molecule has 0 amide bonds. The molecule has 0 radical (unpaired) electrons. The Morgan fingerprint density at radius 3 is 2.42 bits per heavy atom. The van der Waals surface area contributed by atoms with E-state index in [9.17, 15) is 8.42 Å². The van der Waals surface area contributed by atoms with Gasteiger partial charge in [-0.25, -0.2) is 4.83 Å². The molecule has 0 aliphatic heterocycles. The lowest BCUT2D eigenvalue weighted by Crippen LogP contribution is -2.23. The van der Waals surface area contributed by atoms with Crippen molar-refractivity contribution in [3.63, 3.8) is 0 Å². The number of nitrogens with zero attached hydrogens (tertiary/aromatic N) is 1. The van der Waals surface area contributed by atoms with Crippen molar-refractivity contribution in [1.82, 2.24) is 4.83 Å². The van der Waals surface area contributed by atoms with Gasteiger partial charge in [-0.1, -0.05) is 37.5 Å². The van der Waals surface area contributed by atoms with Gasteiger partial charge in [0.25, 0.3) is 10.0 Å². The molecule has 0 unspecified atom stereocenters. The molecule has 0 spiro atoms. The van der Waals surface area contributed by atoms with Crippen molar-refractivity contribution in [1.29, 1.82) is 0 Å². The largest absolute Gasteiger partial charge is 0.276 e. The van der Waals surface area contributed by atoms with Crippen molar-refractivity contribution >= 4 is 15.7 Å². The number of nitrogens with one attached hydrogen (secondary N) is 1. The average molecular weight is 280 g/mol. The van der Waals surface area contributed by atoms with Crippen LogP contribution in [0.25, 0.3) is 0 Å². The summed E-state index contributed by atoms with van der Waals surface area (Å²) in [7, 11) is -3.53. The molecule has 0 aromatic heterocycles. The normalized spacial score (nSPS) is 18.3. The number of hydrogen-bond donors (Lipinski definition) is 1. The van der Waals surface area contributed by atoms with Crippen LogP contribution in [0.5, 0.6) is 0 Å². The molecule has 1 saturated carbocycles. The van der Waals surface area contributed by atoms with Gasteiger partial charge in [0.05, 0.1) is 4.90 Å². The summed E-state index contributed by atoms with van der Waals surface area (Å²) in [6, 6.07) is 8.32. The molecule has 1 N–H and O–H groups in total. The lowest BCUT2D eigenvalue weighted by Gasteiger charge is -2.21. The smallest absolute Gasteiger partial charge is 0.200 e. The van der Waals surface area contributed by atoms with Gasteiger partial charge in [0, 0.05) is 5.71 Å². The van der Waals surface area contributed by atoms with Crippen LogP contribution in [0.3, 0.4) is 0 Å². The van der Waals surface area contributed by atoms with Crippen LogP contribution in [0.15, 0.2) is 40.3 Å². The summed E-state index contributed by atoms with van der Waals surface area (Å²) in [4.78, 5) is 2.58. The first-order chi connectivity index (χ1) is 9.09. The Bertz CT molecular complexity index is 532. The zero-order valence-electron chi connectivity index (χ0n) is 11.2. The maximum atomic E-state index is 12.0. The molecule has 1 aliphatic rings. The quantitative estimate of drug-likeness (QED) is 0.681. The Morgan fingerprint density at radius 2 is 1.79 bits per heavy atom. The van der Waals surface area contributed by atoms with E-state index < -0.39 is 10.0 Å². The molecule has 0 heterocycles. The van der Waals surface area contributed by atoms with E-state index in [1.54, 1.807) is 30.3 Å². The highest BCUT2D eigenvalue weighted by Gasteiger charge is 2.17. The van der Waals surface area contributed by atoms with Gasteiger partial charge in [0.15, 0.2) is 0 Å². The summed E-state index contributed by atoms with van der Waals surface area (Å²) in [5.74, 6) is 0.423. The van der Waals surface area contributed by atoms with E-state index >= 15 is 0 Å². The summed E-state index contributed by atoms with van der Waals surface area (Å²) in [6.45, 7) is 1.91. The highest BCUT2D eigenvalue weighted by atomic mass is 32.2. The molecule has 5 heteroatoms. The van der Waals surface area contributed by atoms with Gasteiger partial charge >= 0.3 is 0 Å². The molecule has 0 bridgehead atoms. The van der Waals surface area contributed by atoms with E-state index in [1.807, 2.05) is 6.92 Å². The van der Waals surface area contributed by atoms with Crippen LogP contribution in [-0.2, 0) is 10.0 Å². The van der Waals surface area contributed by atoms with Crippen LogP contribution < -0.4 is 4.83 Å². The Balaban J connectivity index is 2.04. The van der Waals surface area contributed by atoms with Gasteiger partial charge in [-0.2, -0.15) is 13.5 Å². The van der Waals surface area contributed by atoms with Crippen LogP contribution in [0.4, 0.5) is 0 Å². The summed E-state index contributed by atoms with van der Waals surface area (Å²) < 4.78 is 24.0. The fraction of sp³-hybridized carbons (Fsp3) is 0.500. The summed E-state index contributed by atoms with van der Waals surface area (Å²) in [6.07, 6.45) is 5.93. The summed E-state index contributed by atoms with van der Waals surface area (Å²) >= 11 is 0. The first kappa shape index (κ1) is 14.1. The summed E-state index contributed by atoms with van der Waals surface area (Å²) in [5, 5.41) is 4.07. The van der Waals surface area contributed by atoms with Crippen LogP contribution >= 0.6 is 0 Å². The Kier molecular flexibility index (Phi) is 4.58. The lowest BCUT2D eigenvalue weighted by atomic mass is 9.86. The van der Waals surface area contributed by atoms with Crippen molar-refractivity contribution in [2.45, 2.75) is 43.9 Å². The number of hydrogen-bond acceptors (Lipinski definition) is 3. The van der Waals surface area contributed by atoms with E-state index in [1.165, 1.54) is 19.3 Å². The molecule has 104 valence electrons. The van der Waals surface area contributed by atoms with E-state index in [0.29, 0.717) is 5.92 Å². The van der Waals surface area contributed by atoms with Crippen LogP contribution in [0, 0.1) is 5.92 Å². The molecule has 0 saturated heterocycles. The second-order valence-electron chi connectivity index (χ2n) is 5.00. The van der Waals surface area contributed by atoms with Crippen LogP contribution in [-0.4, -0.2) is 14.1 Å². The maximum Gasteiger partial charge on any atom is 0.276 e. The SMILES string of the molecule is C/C(=N\NS(=O)(=O)c1ccccc1)C1CCCCC1. The van der Waals surface area contributed by atoms with Crippen molar-refractivity contribution in [3.05, 3.63) is 30.3 Å². The molecule has 1 aliphatic carbocycles. The fourth-order valence-corrected chi connectivity index (χ4v) is 3.28. The summed E-state index contributed by atoms with van der Waals surface area (Å²) in [5.41, 5.74) is 0.888. The Hall–Kier alpha value is -1.36. The second kappa shape index (κ2) is 6.19. The molecule has 1 aromatic rings. The third kappa shape index (κ3) is 3.80. The van der Waals surface area contributed by atoms with Gasteiger partial charge in [-0.15, -0.1) is 0 Å². The fourth-order valence-electron chi connectivity index (χ4n) is 2.40. The first-order valence-electron chi connectivity index (χ1n) is 6.70. The van der Waals surface area contributed by atoms with E-state index in [2.05, 4.69) is 9.93 Å². The highest BCUT2D eigenvalue weighted by molar-refractivity contribution is 7.89. The second-order valence-corrected chi connectivity index (χ2v) is 6.66. The molecular weight excluding hydrogens is 260 g/mol. The van der Waals surface area contributed by atoms with Crippen molar-refractivity contribution < 1.29 is 8.42 Å². The van der Waals surface area contributed by atoms with E-state index in [0.717, 1.165) is 18.6 Å². The van der Waals surface area contributed by atoms with Crippen molar-refractivity contribution in [2.75, 3.05) is 0 Å². The molecule has 19 heavy (non-hydrogen) atoms. The monoisotopic (exact) mass is 280 g/mol. The first-order valence-corrected chi connectivity index (χ1v) is 8.19. The van der Waals surface area contributed by atoms with E-state index in [-0.39, 0.29) is 4.90 Å². The third-order valence-electron chi connectivity index (χ3n) is 3.59. The van der Waals surface area contributed by atoms with Gasteiger partial charge in [0.2, 0.25) is 0 Å². The minimum atomic E-state index is -3.53. The van der Waals surface area contributed by atoms with Gasteiger partial charge in [-0.05, 0) is 37.8 Å². The number of rotatable bonds is 4. The Labute approximate surface area is 115 Å². The number of hydrazone groups is 1. The molecule has 2 rings (SSSR count). The number of sulfonamides is 1. The predicted molar refractivity (Wildman–Crippen MR) is 76.4 cm³/mol. The van der Waals surface area contributed by atoms with Gasteiger partial charge in [-0.3, -0.25) is 0 Å². The van der Waals surface area contributed by atoms with Gasteiger partial charge in [0.1, 0.15) is 0 Å². The molecule has 1 aromatic carbocycles. The highest BCUT2D eigenvalue weighted by Crippen LogP contribution is 2.24. The lowest BCUT2D eigenvalue weighted by molar-refractivity contribution is 0.437. The standard InChI is InChI=1S/C14H20N2O2S/c1-12(13-8-4-2-5-9-13)15-16-19(17,18)14-10-6-3-7-11-14/h3,6-7,10-11,13,16H,2,4-5,8-9H2,1H3/b15-12+. The molecule has 1 fully saturated rings. The molecule has 0 atom stereocenters. The topological polar surface area (TPSA) is 58.5 Å². The minimum absolute atomic E-state index is 0.246. The number of benzene rings is 1. The van der Waals surface area contributed by atoms with E-state index in [4.69, 9.17) is 0 Å². The van der Waals surface area contributed by atoms with Crippen LogP contribution in [0.1, 0.15) is 39.0 Å². The zero-order valence-corrected chi connectivity index (χ0v) is 12.0. The predicted octanol–water partition coefficient (Wildman–Crippen LogP) is 2.92. The molecular formula is C14H20N2O2S. The third-order valence-corrected chi connectivity index (χ3v) is 4.82. The average Bonchev–Trinajstić information content (AvgIpc) is 2.47. The Morgan fingerprint density at radius 1 is 1.16 bits per heavy atom. The molecule has 4 nitrogen and oxygen atoms in total. The van der Waals surface area contributed by atoms with Crippen LogP contribution in [0.2, 0.25) is 0 Å².